The number of benzene rings is 3. The maximum atomic E-state index is 6.48. The molecule has 31 heavy (non-hydrogen) atoms. The van der Waals surface area contributed by atoms with Crippen molar-refractivity contribution < 1.29 is 4.74 Å². The number of hydrogen-bond acceptors (Lipinski definition) is 3. The van der Waals surface area contributed by atoms with E-state index in [0.29, 0.717) is 6.61 Å². The fourth-order valence-corrected chi connectivity index (χ4v) is 4.04. The molecule has 3 rings (SSSR count). The molecule has 0 bridgehead atoms. The SMILES string of the molecule is CCN(CC)c1ccc(C(OCc2ccccc2)c2ccc(N(CC)CC)cc2)cc1. The fourth-order valence-electron chi connectivity index (χ4n) is 4.04. The zero-order valence-corrected chi connectivity index (χ0v) is 19.4. The van der Waals surface area contributed by atoms with Crippen LogP contribution in [-0.2, 0) is 11.3 Å². The van der Waals surface area contributed by atoms with Gasteiger partial charge in [0.05, 0.1) is 6.61 Å². The van der Waals surface area contributed by atoms with E-state index in [1.165, 1.54) is 28.1 Å². The summed E-state index contributed by atoms with van der Waals surface area (Å²) in [7, 11) is 0. The van der Waals surface area contributed by atoms with Gasteiger partial charge in [-0.3, -0.25) is 0 Å². The van der Waals surface area contributed by atoms with E-state index in [1.54, 1.807) is 0 Å². The third-order valence-corrected chi connectivity index (χ3v) is 5.91. The first-order valence-electron chi connectivity index (χ1n) is 11.5. The Balaban J connectivity index is 1.87. The van der Waals surface area contributed by atoms with Crippen LogP contribution in [0.4, 0.5) is 11.4 Å². The predicted octanol–water partition coefficient (Wildman–Crippen LogP) is 6.69. The van der Waals surface area contributed by atoms with Gasteiger partial charge in [-0.1, -0.05) is 54.6 Å². The summed E-state index contributed by atoms with van der Waals surface area (Å²) in [5.74, 6) is 0. The Kier molecular flexibility index (Phi) is 8.54. The van der Waals surface area contributed by atoms with Crippen molar-refractivity contribution in [1.29, 1.82) is 0 Å². The van der Waals surface area contributed by atoms with E-state index in [-0.39, 0.29) is 6.10 Å². The van der Waals surface area contributed by atoms with Gasteiger partial charge in [0.1, 0.15) is 6.10 Å². The summed E-state index contributed by atoms with van der Waals surface area (Å²) in [6.45, 7) is 13.4. The lowest BCUT2D eigenvalue weighted by Gasteiger charge is -2.24. The fraction of sp³-hybridized carbons (Fsp3) is 0.357. The minimum Gasteiger partial charge on any atom is -0.372 e. The van der Waals surface area contributed by atoms with Gasteiger partial charge in [0.15, 0.2) is 0 Å². The van der Waals surface area contributed by atoms with Crippen molar-refractivity contribution in [1.82, 2.24) is 0 Å². The quantitative estimate of drug-likeness (QED) is 0.346. The van der Waals surface area contributed by atoms with E-state index < -0.39 is 0 Å². The molecule has 0 aliphatic heterocycles. The first-order chi connectivity index (χ1) is 15.2. The Labute approximate surface area is 188 Å². The van der Waals surface area contributed by atoms with Gasteiger partial charge in [0.2, 0.25) is 0 Å². The minimum absolute atomic E-state index is 0.100. The van der Waals surface area contributed by atoms with Crippen LogP contribution < -0.4 is 9.80 Å². The largest absolute Gasteiger partial charge is 0.372 e. The van der Waals surface area contributed by atoms with E-state index in [9.17, 15) is 0 Å². The van der Waals surface area contributed by atoms with Gasteiger partial charge in [-0.2, -0.15) is 0 Å². The first kappa shape index (κ1) is 22.9. The number of ether oxygens (including phenoxy) is 1. The standard InChI is InChI=1S/C28H36N2O/c1-5-29(6-2)26-18-14-24(15-19-26)28(31-22-23-12-10-9-11-13-23)25-16-20-27(21-17-25)30(7-3)8-4/h9-21,28H,5-8,22H2,1-4H3. The molecule has 0 heterocycles. The summed E-state index contributed by atoms with van der Waals surface area (Å²) in [5, 5.41) is 0. The molecule has 3 aromatic rings. The zero-order valence-electron chi connectivity index (χ0n) is 19.4. The molecule has 0 radical (unpaired) electrons. The van der Waals surface area contributed by atoms with Gasteiger partial charge in [-0.25, -0.2) is 0 Å². The highest BCUT2D eigenvalue weighted by molar-refractivity contribution is 5.51. The summed E-state index contributed by atoms with van der Waals surface area (Å²) in [6, 6.07) is 28.1. The lowest BCUT2D eigenvalue weighted by Crippen LogP contribution is -2.22. The average Bonchev–Trinajstić information content (AvgIpc) is 2.83. The predicted molar refractivity (Wildman–Crippen MR) is 133 cm³/mol. The van der Waals surface area contributed by atoms with E-state index in [4.69, 9.17) is 4.74 Å². The zero-order chi connectivity index (χ0) is 22.1. The van der Waals surface area contributed by atoms with Gasteiger partial charge in [-0.05, 0) is 68.7 Å². The monoisotopic (exact) mass is 416 g/mol. The maximum absolute atomic E-state index is 6.48. The van der Waals surface area contributed by atoms with Crippen LogP contribution in [0.1, 0.15) is 50.5 Å². The molecule has 0 unspecified atom stereocenters. The molecule has 0 aliphatic carbocycles. The summed E-state index contributed by atoms with van der Waals surface area (Å²) in [5.41, 5.74) is 6.07. The lowest BCUT2D eigenvalue weighted by atomic mass is 10.00. The highest BCUT2D eigenvalue weighted by Crippen LogP contribution is 2.30. The Morgan fingerprint density at radius 2 is 1.00 bits per heavy atom. The minimum atomic E-state index is -0.100. The third kappa shape index (κ3) is 5.89. The summed E-state index contributed by atoms with van der Waals surface area (Å²) < 4.78 is 6.48. The van der Waals surface area contributed by atoms with Crippen molar-refractivity contribution in [3.05, 3.63) is 95.6 Å². The molecule has 0 aliphatic rings. The molecule has 0 saturated heterocycles. The molecule has 0 aromatic heterocycles. The van der Waals surface area contributed by atoms with Crippen LogP contribution in [0.2, 0.25) is 0 Å². The first-order valence-corrected chi connectivity index (χ1v) is 11.5. The second-order valence-electron chi connectivity index (χ2n) is 7.70. The van der Waals surface area contributed by atoms with Gasteiger partial charge in [-0.15, -0.1) is 0 Å². The van der Waals surface area contributed by atoms with E-state index in [0.717, 1.165) is 26.2 Å². The highest BCUT2D eigenvalue weighted by Gasteiger charge is 2.16. The molecule has 0 N–H and O–H groups in total. The van der Waals surface area contributed by atoms with Crippen molar-refractivity contribution in [2.24, 2.45) is 0 Å². The van der Waals surface area contributed by atoms with E-state index in [2.05, 4.69) is 110 Å². The van der Waals surface area contributed by atoms with Crippen molar-refractivity contribution in [3.63, 3.8) is 0 Å². The van der Waals surface area contributed by atoms with Crippen LogP contribution in [0.15, 0.2) is 78.9 Å². The Hall–Kier alpha value is -2.78. The van der Waals surface area contributed by atoms with Gasteiger partial charge in [0.25, 0.3) is 0 Å². The summed E-state index contributed by atoms with van der Waals surface area (Å²) in [4.78, 5) is 4.73. The van der Waals surface area contributed by atoms with Crippen LogP contribution in [0.5, 0.6) is 0 Å². The lowest BCUT2D eigenvalue weighted by molar-refractivity contribution is 0.0667. The number of rotatable bonds is 11. The topological polar surface area (TPSA) is 15.7 Å². The number of hydrogen-bond donors (Lipinski definition) is 0. The number of nitrogens with zero attached hydrogens (tertiary/aromatic N) is 2. The van der Waals surface area contributed by atoms with Crippen molar-refractivity contribution in [2.45, 2.75) is 40.4 Å². The Morgan fingerprint density at radius 1 is 0.581 bits per heavy atom. The molecule has 164 valence electrons. The summed E-state index contributed by atoms with van der Waals surface area (Å²) in [6.07, 6.45) is -0.100. The molecule has 3 nitrogen and oxygen atoms in total. The molecule has 0 atom stereocenters. The second kappa shape index (κ2) is 11.6. The molecule has 0 saturated carbocycles. The van der Waals surface area contributed by atoms with Gasteiger partial charge < -0.3 is 14.5 Å². The molecule has 0 amide bonds. The van der Waals surface area contributed by atoms with Gasteiger partial charge in [0, 0.05) is 37.6 Å². The summed E-state index contributed by atoms with van der Waals surface area (Å²) >= 11 is 0. The smallest absolute Gasteiger partial charge is 0.108 e. The van der Waals surface area contributed by atoms with Crippen LogP contribution >= 0.6 is 0 Å². The van der Waals surface area contributed by atoms with Crippen LogP contribution in [0, 0.1) is 0 Å². The Morgan fingerprint density at radius 3 is 1.39 bits per heavy atom. The molecular formula is C28H36N2O. The normalized spacial score (nSPS) is 11.0. The van der Waals surface area contributed by atoms with E-state index >= 15 is 0 Å². The van der Waals surface area contributed by atoms with Crippen LogP contribution in [0.3, 0.4) is 0 Å². The van der Waals surface area contributed by atoms with Crippen LogP contribution in [-0.4, -0.2) is 26.2 Å². The second-order valence-corrected chi connectivity index (χ2v) is 7.70. The molecule has 3 heteroatoms. The van der Waals surface area contributed by atoms with Crippen molar-refractivity contribution >= 4 is 11.4 Å². The number of anilines is 2. The maximum Gasteiger partial charge on any atom is 0.108 e. The molecule has 0 spiro atoms. The van der Waals surface area contributed by atoms with Gasteiger partial charge >= 0.3 is 0 Å². The molecule has 3 aromatic carbocycles. The van der Waals surface area contributed by atoms with Crippen molar-refractivity contribution in [3.8, 4) is 0 Å². The average molecular weight is 417 g/mol. The highest BCUT2D eigenvalue weighted by atomic mass is 16.5. The van der Waals surface area contributed by atoms with Crippen LogP contribution in [0.25, 0.3) is 0 Å². The molecule has 0 fully saturated rings. The Bertz CT molecular complexity index is 827. The third-order valence-electron chi connectivity index (χ3n) is 5.91. The molecular weight excluding hydrogens is 380 g/mol. The van der Waals surface area contributed by atoms with Crippen molar-refractivity contribution in [2.75, 3.05) is 36.0 Å². The van der Waals surface area contributed by atoms with E-state index in [1.807, 2.05) is 6.07 Å².